The Bertz CT molecular complexity index is 1160. The summed E-state index contributed by atoms with van der Waals surface area (Å²) >= 11 is 0. The van der Waals surface area contributed by atoms with Gasteiger partial charge in [-0.25, -0.2) is 4.79 Å². The summed E-state index contributed by atoms with van der Waals surface area (Å²) in [5.74, 6) is 3.01. The monoisotopic (exact) mass is 401 g/mol. The molecule has 1 N–H and O–H groups in total. The van der Waals surface area contributed by atoms with Crippen molar-refractivity contribution in [2.24, 2.45) is 0 Å². The van der Waals surface area contributed by atoms with Gasteiger partial charge < -0.3 is 14.0 Å². The van der Waals surface area contributed by atoms with Crippen molar-refractivity contribution in [3.8, 4) is 35.4 Å². The molecule has 0 spiro atoms. The van der Waals surface area contributed by atoms with Crippen molar-refractivity contribution in [1.29, 1.82) is 5.26 Å². The molecule has 0 radical (unpaired) electrons. The zero-order chi connectivity index (χ0) is 21.7. The van der Waals surface area contributed by atoms with Crippen molar-refractivity contribution in [2.45, 2.75) is 33.4 Å². The van der Waals surface area contributed by atoms with Crippen LogP contribution in [0.5, 0.6) is 5.75 Å². The smallest absolute Gasteiger partial charge is 0.412 e. The lowest BCUT2D eigenvalue weighted by molar-refractivity contribution is 0.176. The Morgan fingerprint density at radius 1 is 1.27 bits per heavy atom. The Morgan fingerprint density at radius 2 is 2.07 bits per heavy atom. The van der Waals surface area contributed by atoms with Gasteiger partial charge in [0.25, 0.3) is 0 Å². The van der Waals surface area contributed by atoms with Crippen molar-refractivity contribution in [1.82, 2.24) is 4.57 Å². The molecule has 0 saturated heterocycles. The largest absolute Gasteiger partial charge is 0.491 e. The lowest BCUT2D eigenvalue weighted by atomic mass is 10.1. The molecule has 0 aliphatic heterocycles. The van der Waals surface area contributed by atoms with Crippen molar-refractivity contribution in [3.05, 3.63) is 48.0 Å². The summed E-state index contributed by atoms with van der Waals surface area (Å²) in [6.45, 7) is 6.54. The van der Waals surface area contributed by atoms with Gasteiger partial charge in [0, 0.05) is 29.2 Å². The Hall–Kier alpha value is -3.90. The van der Waals surface area contributed by atoms with Gasteiger partial charge in [-0.1, -0.05) is 18.1 Å². The Labute approximate surface area is 176 Å². The maximum atomic E-state index is 11.8. The molecule has 152 valence electrons. The van der Waals surface area contributed by atoms with E-state index in [0.29, 0.717) is 17.8 Å². The first kappa shape index (κ1) is 20.8. The van der Waals surface area contributed by atoms with Gasteiger partial charge in [-0.3, -0.25) is 5.32 Å². The standard InChI is InChI=1S/C24H23N3O3/c1-5-12-29-24(28)26-18-9-7-8-17(13-18)23-21(15-25)20-11-10-19(30-16(3)4)14-22(20)27(23)6-2/h1,7-11,13-14,16H,6,12H2,2-4H3,(H,26,28). The average molecular weight is 401 g/mol. The van der Waals surface area contributed by atoms with Gasteiger partial charge in [-0.15, -0.1) is 6.42 Å². The first-order valence-corrected chi connectivity index (χ1v) is 9.69. The van der Waals surface area contributed by atoms with Crippen LogP contribution >= 0.6 is 0 Å². The predicted molar refractivity (Wildman–Crippen MR) is 117 cm³/mol. The van der Waals surface area contributed by atoms with Gasteiger partial charge in [-0.2, -0.15) is 5.26 Å². The quantitative estimate of drug-likeness (QED) is 0.578. The molecule has 0 atom stereocenters. The molecule has 0 bridgehead atoms. The van der Waals surface area contributed by atoms with Gasteiger partial charge in [-0.05, 0) is 45.0 Å². The van der Waals surface area contributed by atoms with Crippen LogP contribution in [0.15, 0.2) is 42.5 Å². The molecular formula is C24H23N3O3. The number of benzene rings is 2. The van der Waals surface area contributed by atoms with Crippen molar-refractivity contribution >= 4 is 22.7 Å². The number of carbonyl (C=O) groups excluding carboxylic acids is 1. The second-order valence-corrected chi connectivity index (χ2v) is 6.91. The number of hydrogen-bond acceptors (Lipinski definition) is 4. The first-order chi connectivity index (χ1) is 14.5. The number of hydrogen-bond donors (Lipinski definition) is 1. The number of nitriles is 1. The van der Waals surface area contributed by atoms with Crippen molar-refractivity contribution < 1.29 is 14.3 Å². The SMILES string of the molecule is C#CCOC(=O)Nc1cccc(-c2c(C#N)c3ccc(OC(C)C)cc3n2CC)c1. The summed E-state index contributed by atoms with van der Waals surface area (Å²) < 4.78 is 12.8. The van der Waals surface area contributed by atoms with Gasteiger partial charge in [0.2, 0.25) is 0 Å². The number of nitrogens with zero attached hydrogens (tertiary/aromatic N) is 2. The van der Waals surface area contributed by atoms with Gasteiger partial charge in [0.05, 0.1) is 22.9 Å². The summed E-state index contributed by atoms with van der Waals surface area (Å²) in [6.07, 6.45) is 4.54. The fourth-order valence-electron chi connectivity index (χ4n) is 3.42. The maximum Gasteiger partial charge on any atom is 0.412 e. The van der Waals surface area contributed by atoms with E-state index < -0.39 is 6.09 Å². The highest BCUT2D eigenvalue weighted by molar-refractivity contribution is 5.96. The number of anilines is 1. The van der Waals surface area contributed by atoms with E-state index in [4.69, 9.17) is 15.9 Å². The number of carbonyl (C=O) groups is 1. The summed E-state index contributed by atoms with van der Waals surface area (Å²) in [7, 11) is 0. The predicted octanol–water partition coefficient (Wildman–Crippen LogP) is 5.17. The highest BCUT2D eigenvalue weighted by Crippen LogP contribution is 2.36. The van der Waals surface area contributed by atoms with Crippen LogP contribution in [0.2, 0.25) is 0 Å². The number of aryl methyl sites for hydroxylation is 1. The minimum absolute atomic E-state index is 0.0550. The molecule has 0 saturated carbocycles. The molecule has 6 heteroatoms. The van der Waals surface area contributed by atoms with Crippen LogP contribution in [0, 0.1) is 23.7 Å². The zero-order valence-corrected chi connectivity index (χ0v) is 17.2. The second-order valence-electron chi connectivity index (χ2n) is 6.91. The average Bonchev–Trinajstić information content (AvgIpc) is 3.04. The molecule has 1 amide bonds. The molecule has 1 aromatic heterocycles. The number of fused-ring (bicyclic) bond motifs is 1. The molecular weight excluding hydrogens is 378 g/mol. The van der Waals surface area contributed by atoms with Gasteiger partial charge in [0.15, 0.2) is 6.61 Å². The van der Waals surface area contributed by atoms with Crippen LogP contribution in [0.3, 0.4) is 0 Å². The molecule has 3 aromatic rings. The van der Waals surface area contributed by atoms with Gasteiger partial charge in [0.1, 0.15) is 11.8 Å². The Morgan fingerprint density at radius 3 is 2.73 bits per heavy atom. The van der Waals surface area contributed by atoms with Crippen LogP contribution in [0.25, 0.3) is 22.2 Å². The number of nitrogens with one attached hydrogen (secondary N) is 1. The van der Waals surface area contributed by atoms with E-state index in [9.17, 15) is 10.1 Å². The second kappa shape index (κ2) is 9.07. The lowest BCUT2D eigenvalue weighted by Crippen LogP contribution is -2.13. The van der Waals surface area contributed by atoms with E-state index in [-0.39, 0.29) is 12.7 Å². The van der Waals surface area contributed by atoms with Gasteiger partial charge >= 0.3 is 6.09 Å². The summed E-state index contributed by atoms with van der Waals surface area (Å²) in [6, 6.07) is 15.4. The highest BCUT2D eigenvalue weighted by Gasteiger charge is 2.19. The highest BCUT2D eigenvalue weighted by atomic mass is 16.5. The number of ether oxygens (including phenoxy) is 2. The third kappa shape index (κ3) is 4.24. The van der Waals surface area contributed by atoms with E-state index in [1.165, 1.54) is 0 Å². The van der Waals surface area contributed by atoms with Crippen LogP contribution in [-0.4, -0.2) is 23.4 Å². The molecule has 3 rings (SSSR count). The van der Waals surface area contributed by atoms with E-state index in [0.717, 1.165) is 27.9 Å². The fourth-order valence-corrected chi connectivity index (χ4v) is 3.42. The molecule has 0 fully saturated rings. The minimum atomic E-state index is -0.628. The fraction of sp³-hybridized carbons (Fsp3) is 0.250. The third-order valence-corrected chi connectivity index (χ3v) is 4.50. The summed E-state index contributed by atoms with van der Waals surface area (Å²) in [5, 5.41) is 13.4. The number of aromatic nitrogens is 1. The first-order valence-electron chi connectivity index (χ1n) is 9.69. The molecule has 1 heterocycles. The number of terminal acetylenes is 1. The van der Waals surface area contributed by atoms with Crippen LogP contribution < -0.4 is 10.1 Å². The summed E-state index contributed by atoms with van der Waals surface area (Å²) in [4.78, 5) is 11.8. The molecule has 2 aromatic carbocycles. The van der Waals surface area contributed by atoms with Crippen LogP contribution in [0.1, 0.15) is 26.3 Å². The maximum absolute atomic E-state index is 11.8. The number of amides is 1. The topological polar surface area (TPSA) is 76.3 Å². The van der Waals surface area contributed by atoms with Crippen molar-refractivity contribution in [3.63, 3.8) is 0 Å². The molecule has 30 heavy (non-hydrogen) atoms. The van der Waals surface area contributed by atoms with Crippen molar-refractivity contribution in [2.75, 3.05) is 11.9 Å². The molecule has 0 aliphatic rings. The van der Waals surface area contributed by atoms with E-state index >= 15 is 0 Å². The van der Waals surface area contributed by atoms with E-state index in [2.05, 4.69) is 21.9 Å². The molecule has 0 unspecified atom stereocenters. The molecule has 0 aliphatic carbocycles. The lowest BCUT2D eigenvalue weighted by Gasteiger charge is -2.12. The van der Waals surface area contributed by atoms with Crippen LogP contribution in [0.4, 0.5) is 10.5 Å². The minimum Gasteiger partial charge on any atom is -0.491 e. The Kier molecular flexibility index (Phi) is 6.29. The zero-order valence-electron chi connectivity index (χ0n) is 17.2. The number of rotatable bonds is 6. The molecule has 6 nitrogen and oxygen atoms in total. The Balaban J connectivity index is 2.09. The summed E-state index contributed by atoms with van der Waals surface area (Å²) in [5.41, 5.74) is 3.65. The third-order valence-electron chi connectivity index (χ3n) is 4.50. The van der Waals surface area contributed by atoms with E-state index in [1.807, 2.05) is 57.2 Å². The normalized spacial score (nSPS) is 10.5. The van der Waals surface area contributed by atoms with Crippen LogP contribution in [-0.2, 0) is 11.3 Å². The van der Waals surface area contributed by atoms with E-state index in [1.54, 1.807) is 6.07 Å².